The third-order valence-electron chi connectivity index (χ3n) is 3.07. The molecule has 0 aliphatic rings. The largest absolute Gasteiger partial charge is 0.381 e. The van der Waals surface area contributed by atoms with Crippen molar-refractivity contribution in [3.8, 4) is 0 Å². The van der Waals surface area contributed by atoms with E-state index in [0.29, 0.717) is 12.0 Å². The van der Waals surface area contributed by atoms with Crippen LogP contribution in [-0.2, 0) is 4.74 Å². The van der Waals surface area contributed by atoms with Gasteiger partial charge in [-0.1, -0.05) is 32.9 Å². The Morgan fingerprint density at radius 1 is 1.16 bits per heavy atom. The van der Waals surface area contributed by atoms with Crippen LogP contribution in [0.25, 0.3) is 0 Å². The highest BCUT2D eigenvalue weighted by Gasteiger charge is 2.12. The van der Waals surface area contributed by atoms with Gasteiger partial charge in [0.15, 0.2) is 0 Å². The summed E-state index contributed by atoms with van der Waals surface area (Å²) in [4.78, 5) is 0. The zero-order valence-electron chi connectivity index (χ0n) is 12.3. The van der Waals surface area contributed by atoms with Gasteiger partial charge < -0.3 is 10.1 Å². The first-order valence-corrected chi connectivity index (χ1v) is 7.20. The van der Waals surface area contributed by atoms with Gasteiger partial charge in [0.25, 0.3) is 0 Å². The fourth-order valence-electron chi connectivity index (χ4n) is 1.97. The predicted octanol–water partition coefficient (Wildman–Crippen LogP) is 3.72. The molecule has 3 heteroatoms. The van der Waals surface area contributed by atoms with Crippen molar-refractivity contribution < 1.29 is 9.13 Å². The van der Waals surface area contributed by atoms with E-state index < -0.39 is 0 Å². The van der Waals surface area contributed by atoms with Crippen molar-refractivity contribution in [2.45, 2.75) is 45.6 Å². The second kappa shape index (κ2) is 9.05. The molecule has 0 fully saturated rings. The first kappa shape index (κ1) is 16.1. The summed E-state index contributed by atoms with van der Waals surface area (Å²) in [6.45, 7) is 8.85. The smallest absolute Gasteiger partial charge is 0.123 e. The summed E-state index contributed by atoms with van der Waals surface area (Å²) in [6, 6.07) is 7.28. The highest BCUT2D eigenvalue weighted by atomic mass is 19.1. The second-order valence-corrected chi connectivity index (χ2v) is 5.21. The molecule has 0 heterocycles. The standard InChI is InChI=1S/C16H26FNO/c1-4-10-19-11-9-15(12-18-13(2)3)14-5-7-16(17)8-6-14/h5-8,13,15,18H,4,9-12H2,1-3H3. The lowest BCUT2D eigenvalue weighted by Gasteiger charge is -2.20. The van der Waals surface area contributed by atoms with Crippen molar-refractivity contribution in [2.75, 3.05) is 19.8 Å². The van der Waals surface area contributed by atoms with Gasteiger partial charge in [0.1, 0.15) is 5.82 Å². The molecule has 1 aromatic carbocycles. The lowest BCUT2D eigenvalue weighted by atomic mass is 9.95. The molecule has 19 heavy (non-hydrogen) atoms. The van der Waals surface area contributed by atoms with E-state index in [1.165, 1.54) is 17.7 Å². The topological polar surface area (TPSA) is 21.3 Å². The van der Waals surface area contributed by atoms with Crippen LogP contribution in [0.5, 0.6) is 0 Å². The number of rotatable bonds is 9. The number of hydrogen-bond acceptors (Lipinski definition) is 2. The molecule has 2 nitrogen and oxygen atoms in total. The Kier molecular flexibility index (Phi) is 7.68. The van der Waals surface area contributed by atoms with Crippen LogP contribution in [0.2, 0.25) is 0 Å². The molecule has 0 amide bonds. The summed E-state index contributed by atoms with van der Waals surface area (Å²) in [7, 11) is 0. The zero-order chi connectivity index (χ0) is 14.1. The van der Waals surface area contributed by atoms with Gasteiger partial charge in [-0.2, -0.15) is 0 Å². The second-order valence-electron chi connectivity index (χ2n) is 5.21. The van der Waals surface area contributed by atoms with Crippen LogP contribution in [0.4, 0.5) is 4.39 Å². The van der Waals surface area contributed by atoms with Gasteiger partial charge in [-0.15, -0.1) is 0 Å². The molecule has 0 aliphatic heterocycles. The maximum atomic E-state index is 13.0. The van der Waals surface area contributed by atoms with Gasteiger partial charge in [0, 0.05) is 25.8 Å². The number of nitrogens with one attached hydrogen (secondary N) is 1. The molecule has 0 saturated heterocycles. The lowest BCUT2D eigenvalue weighted by molar-refractivity contribution is 0.127. The molecule has 0 aromatic heterocycles. The van der Waals surface area contributed by atoms with Gasteiger partial charge in [-0.25, -0.2) is 4.39 Å². The summed E-state index contributed by atoms with van der Waals surface area (Å²) in [5.41, 5.74) is 1.18. The zero-order valence-corrected chi connectivity index (χ0v) is 12.3. The number of halogens is 1. The van der Waals surface area contributed by atoms with Gasteiger partial charge in [-0.3, -0.25) is 0 Å². The first-order chi connectivity index (χ1) is 9.13. The van der Waals surface area contributed by atoms with Gasteiger partial charge in [0.2, 0.25) is 0 Å². The van der Waals surface area contributed by atoms with Crippen LogP contribution in [0, 0.1) is 5.82 Å². The van der Waals surface area contributed by atoms with E-state index in [1.54, 1.807) is 0 Å². The van der Waals surface area contributed by atoms with E-state index in [-0.39, 0.29) is 5.82 Å². The van der Waals surface area contributed by atoms with E-state index in [0.717, 1.165) is 32.6 Å². The Hall–Kier alpha value is -0.930. The quantitative estimate of drug-likeness (QED) is 0.688. The van der Waals surface area contributed by atoms with Crippen molar-refractivity contribution in [3.63, 3.8) is 0 Å². The number of benzene rings is 1. The molecule has 0 bridgehead atoms. The Bertz CT molecular complexity index is 337. The summed E-state index contributed by atoms with van der Waals surface area (Å²) >= 11 is 0. The van der Waals surface area contributed by atoms with Crippen molar-refractivity contribution in [2.24, 2.45) is 0 Å². The fraction of sp³-hybridized carbons (Fsp3) is 0.625. The van der Waals surface area contributed by atoms with Crippen LogP contribution in [0.15, 0.2) is 24.3 Å². The van der Waals surface area contributed by atoms with Crippen LogP contribution in [-0.4, -0.2) is 25.8 Å². The summed E-state index contributed by atoms with van der Waals surface area (Å²) in [5.74, 6) is 0.196. The SMILES string of the molecule is CCCOCCC(CNC(C)C)c1ccc(F)cc1. The van der Waals surface area contributed by atoms with Crippen molar-refractivity contribution >= 4 is 0 Å². The fourth-order valence-corrected chi connectivity index (χ4v) is 1.97. The van der Waals surface area contributed by atoms with Crippen molar-refractivity contribution in [3.05, 3.63) is 35.6 Å². The minimum absolute atomic E-state index is 0.179. The van der Waals surface area contributed by atoms with E-state index in [2.05, 4.69) is 26.1 Å². The van der Waals surface area contributed by atoms with Crippen LogP contribution < -0.4 is 5.32 Å². The normalized spacial score (nSPS) is 12.9. The maximum Gasteiger partial charge on any atom is 0.123 e. The highest BCUT2D eigenvalue weighted by Crippen LogP contribution is 2.19. The third kappa shape index (κ3) is 6.69. The van der Waals surface area contributed by atoms with Gasteiger partial charge in [-0.05, 0) is 36.5 Å². The Labute approximate surface area is 116 Å². The minimum Gasteiger partial charge on any atom is -0.381 e. The lowest BCUT2D eigenvalue weighted by Crippen LogP contribution is -2.28. The van der Waals surface area contributed by atoms with E-state index >= 15 is 0 Å². The summed E-state index contributed by atoms with van der Waals surface area (Å²) in [6.07, 6.45) is 2.01. The first-order valence-electron chi connectivity index (χ1n) is 7.20. The molecule has 1 unspecified atom stereocenters. The Morgan fingerprint density at radius 3 is 2.42 bits per heavy atom. The molecular formula is C16H26FNO. The summed E-state index contributed by atoms with van der Waals surface area (Å²) < 4.78 is 18.5. The van der Waals surface area contributed by atoms with Crippen molar-refractivity contribution in [1.82, 2.24) is 5.32 Å². The molecule has 1 N–H and O–H groups in total. The van der Waals surface area contributed by atoms with Gasteiger partial charge >= 0.3 is 0 Å². The molecule has 1 rings (SSSR count). The van der Waals surface area contributed by atoms with E-state index in [9.17, 15) is 4.39 Å². The number of hydrogen-bond donors (Lipinski definition) is 1. The Morgan fingerprint density at radius 2 is 1.84 bits per heavy atom. The minimum atomic E-state index is -0.179. The summed E-state index contributed by atoms with van der Waals surface area (Å²) in [5, 5.41) is 3.45. The molecule has 0 saturated carbocycles. The molecular weight excluding hydrogens is 241 g/mol. The molecule has 1 aromatic rings. The third-order valence-corrected chi connectivity index (χ3v) is 3.07. The number of ether oxygens (including phenoxy) is 1. The molecule has 0 spiro atoms. The van der Waals surface area contributed by atoms with E-state index in [4.69, 9.17) is 4.74 Å². The molecule has 108 valence electrons. The van der Waals surface area contributed by atoms with E-state index in [1.807, 2.05) is 12.1 Å². The maximum absolute atomic E-state index is 13.0. The Balaban J connectivity index is 2.54. The monoisotopic (exact) mass is 267 g/mol. The van der Waals surface area contributed by atoms with Crippen LogP contribution in [0.1, 0.15) is 45.1 Å². The molecule has 1 atom stereocenters. The van der Waals surface area contributed by atoms with Crippen LogP contribution in [0.3, 0.4) is 0 Å². The average Bonchev–Trinajstić information content (AvgIpc) is 2.39. The van der Waals surface area contributed by atoms with Crippen LogP contribution >= 0.6 is 0 Å². The van der Waals surface area contributed by atoms with Gasteiger partial charge in [0.05, 0.1) is 0 Å². The molecule has 0 aliphatic carbocycles. The van der Waals surface area contributed by atoms with Crippen molar-refractivity contribution in [1.29, 1.82) is 0 Å². The highest BCUT2D eigenvalue weighted by molar-refractivity contribution is 5.20. The predicted molar refractivity (Wildman–Crippen MR) is 78.0 cm³/mol. The molecule has 0 radical (unpaired) electrons. The average molecular weight is 267 g/mol.